The zero-order valence-electron chi connectivity index (χ0n) is 11.7. The fourth-order valence-electron chi connectivity index (χ4n) is 2.30. The lowest BCUT2D eigenvalue weighted by Crippen LogP contribution is -2.00. The summed E-state index contributed by atoms with van der Waals surface area (Å²) in [6.45, 7) is 0.670. The Hall–Kier alpha value is -3.15. The van der Waals surface area contributed by atoms with Gasteiger partial charge < -0.3 is 9.73 Å². The topological polar surface area (TPSA) is 68.8 Å². The third kappa shape index (κ3) is 2.54. The van der Waals surface area contributed by atoms with Crippen LogP contribution in [0.15, 0.2) is 65.6 Å². The number of aromatic nitrogens is 4. The number of anilines is 2. The second kappa shape index (κ2) is 5.33. The highest BCUT2D eigenvalue weighted by atomic mass is 16.4. The van der Waals surface area contributed by atoms with Crippen LogP contribution in [0.4, 0.5) is 11.7 Å². The largest absolute Gasteiger partial charge is 0.423 e. The first kappa shape index (κ1) is 12.6. The molecule has 6 heteroatoms. The molecule has 6 nitrogen and oxygen atoms in total. The van der Waals surface area contributed by atoms with Gasteiger partial charge in [-0.25, -0.2) is 9.67 Å². The van der Waals surface area contributed by atoms with E-state index in [1.165, 1.54) is 6.33 Å². The van der Waals surface area contributed by atoms with Gasteiger partial charge in [-0.15, -0.1) is 0 Å². The number of nitrogens with zero attached hydrogens (tertiary/aromatic N) is 4. The molecule has 0 aliphatic carbocycles. The first-order valence-corrected chi connectivity index (χ1v) is 6.91. The molecule has 2 aromatic heterocycles. The van der Waals surface area contributed by atoms with E-state index < -0.39 is 0 Å². The van der Waals surface area contributed by atoms with Gasteiger partial charge in [0.05, 0.1) is 6.54 Å². The van der Waals surface area contributed by atoms with Gasteiger partial charge in [0.15, 0.2) is 5.58 Å². The van der Waals surface area contributed by atoms with Gasteiger partial charge in [-0.1, -0.05) is 24.3 Å². The fraction of sp³-hybridized carbons (Fsp3) is 0.0625. The van der Waals surface area contributed by atoms with Gasteiger partial charge in [-0.3, -0.25) is 0 Å². The first-order chi connectivity index (χ1) is 10.9. The Bertz CT molecular complexity index is 865. The van der Waals surface area contributed by atoms with Gasteiger partial charge in [0.25, 0.3) is 6.01 Å². The number of oxazole rings is 1. The van der Waals surface area contributed by atoms with E-state index in [9.17, 15) is 0 Å². The Morgan fingerprint density at radius 1 is 1.09 bits per heavy atom. The van der Waals surface area contributed by atoms with E-state index in [1.807, 2.05) is 48.5 Å². The van der Waals surface area contributed by atoms with Crippen molar-refractivity contribution in [1.29, 1.82) is 0 Å². The lowest BCUT2D eigenvalue weighted by molar-refractivity contribution is 0.623. The Balaban J connectivity index is 1.57. The summed E-state index contributed by atoms with van der Waals surface area (Å²) in [5.41, 5.74) is 3.64. The van der Waals surface area contributed by atoms with Crippen LogP contribution in [0.2, 0.25) is 0 Å². The molecule has 0 aliphatic rings. The summed E-state index contributed by atoms with van der Waals surface area (Å²) >= 11 is 0. The zero-order valence-corrected chi connectivity index (χ0v) is 11.7. The van der Waals surface area contributed by atoms with Crippen molar-refractivity contribution in [2.24, 2.45) is 0 Å². The van der Waals surface area contributed by atoms with Crippen molar-refractivity contribution < 1.29 is 4.42 Å². The van der Waals surface area contributed by atoms with Crippen molar-refractivity contribution >= 4 is 22.8 Å². The molecule has 4 aromatic rings. The van der Waals surface area contributed by atoms with E-state index in [2.05, 4.69) is 20.4 Å². The summed E-state index contributed by atoms with van der Waals surface area (Å²) < 4.78 is 7.44. The highest BCUT2D eigenvalue weighted by Crippen LogP contribution is 2.22. The van der Waals surface area contributed by atoms with Crippen LogP contribution in [0.5, 0.6) is 0 Å². The first-order valence-electron chi connectivity index (χ1n) is 6.91. The van der Waals surface area contributed by atoms with Gasteiger partial charge in [0, 0.05) is 5.69 Å². The summed E-state index contributed by atoms with van der Waals surface area (Å²) in [5.74, 6) is 0. The highest BCUT2D eigenvalue weighted by molar-refractivity contribution is 5.75. The summed E-state index contributed by atoms with van der Waals surface area (Å²) in [4.78, 5) is 8.35. The molecule has 0 amide bonds. The van der Waals surface area contributed by atoms with E-state index in [-0.39, 0.29) is 0 Å². The maximum absolute atomic E-state index is 5.67. The zero-order chi connectivity index (χ0) is 14.8. The van der Waals surface area contributed by atoms with Crippen LogP contribution >= 0.6 is 0 Å². The number of rotatable bonds is 4. The monoisotopic (exact) mass is 291 g/mol. The molecule has 0 fully saturated rings. The van der Waals surface area contributed by atoms with Crippen molar-refractivity contribution in [3.05, 3.63) is 66.7 Å². The van der Waals surface area contributed by atoms with Gasteiger partial charge in [-0.2, -0.15) is 10.1 Å². The number of hydrogen-bond acceptors (Lipinski definition) is 5. The molecule has 0 atom stereocenters. The molecule has 1 N–H and O–H groups in total. The molecule has 0 saturated heterocycles. The predicted octanol–water partition coefficient (Wildman–Crippen LogP) is 3.21. The fourth-order valence-corrected chi connectivity index (χ4v) is 2.30. The third-order valence-corrected chi connectivity index (χ3v) is 3.28. The lowest BCUT2D eigenvalue weighted by Gasteiger charge is -2.05. The van der Waals surface area contributed by atoms with Crippen molar-refractivity contribution in [2.45, 2.75) is 6.54 Å². The number of fused-ring (bicyclic) bond motifs is 1. The second-order valence-corrected chi connectivity index (χ2v) is 4.91. The minimum Gasteiger partial charge on any atom is -0.423 e. The van der Waals surface area contributed by atoms with E-state index in [4.69, 9.17) is 4.42 Å². The normalized spacial score (nSPS) is 10.9. The molecule has 2 aromatic carbocycles. The molecule has 2 heterocycles. The Morgan fingerprint density at radius 3 is 2.91 bits per heavy atom. The van der Waals surface area contributed by atoms with Crippen molar-refractivity contribution in [1.82, 2.24) is 19.7 Å². The van der Waals surface area contributed by atoms with E-state index >= 15 is 0 Å². The maximum Gasteiger partial charge on any atom is 0.300 e. The number of hydrogen-bond donors (Lipinski definition) is 1. The van der Waals surface area contributed by atoms with Crippen LogP contribution in [0, 0.1) is 0 Å². The molecule has 22 heavy (non-hydrogen) atoms. The lowest BCUT2D eigenvalue weighted by atomic mass is 10.2. The molecular weight excluding hydrogens is 278 g/mol. The van der Waals surface area contributed by atoms with Crippen LogP contribution in [-0.4, -0.2) is 19.7 Å². The molecule has 0 radical (unpaired) electrons. The summed E-state index contributed by atoms with van der Waals surface area (Å²) in [6, 6.07) is 16.2. The minimum atomic E-state index is 0.485. The average molecular weight is 291 g/mol. The Labute approximate surface area is 126 Å². The van der Waals surface area contributed by atoms with Gasteiger partial charge >= 0.3 is 0 Å². The van der Waals surface area contributed by atoms with Crippen LogP contribution in [0.1, 0.15) is 5.56 Å². The van der Waals surface area contributed by atoms with Gasteiger partial charge in [0.1, 0.15) is 18.2 Å². The van der Waals surface area contributed by atoms with Crippen molar-refractivity contribution in [2.75, 3.05) is 5.32 Å². The maximum atomic E-state index is 5.67. The Kier molecular flexibility index (Phi) is 3.05. The SMILES string of the molecule is c1cc(Cn2cncn2)cc(Nc2nc3ccccc3o2)c1. The summed E-state index contributed by atoms with van der Waals surface area (Å²) in [7, 11) is 0. The van der Waals surface area contributed by atoms with Gasteiger partial charge in [-0.05, 0) is 29.8 Å². The van der Waals surface area contributed by atoms with Crippen molar-refractivity contribution in [3.8, 4) is 0 Å². The second-order valence-electron chi connectivity index (χ2n) is 4.91. The smallest absolute Gasteiger partial charge is 0.300 e. The molecule has 0 saturated carbocycles. The molecule has 0 aliphatic heterocycles. The Morgan fingerprint density at radius 2 is 2.05 bits per heavy atom. The number of para-hydroxylation sites is 2. The highest BCUT2D eigenvalue weighted by Gasteiger charge is 2.05. The quantitative estimate of drug-likeness (QED) is 0.625. The summed E-state index contributed by atoms with van der Waals surface area (Å²) in [5, 5.41) is 7.30. The minimum absolute atomic E-state index is 0.485. The average Bonchev–Trinajstić information content (AvgIpc) is 3.16. The van der Waals surface area contributed by atoms with Crippen LogP contribution in [-0.2, 0) is 6.54 Å². The molecule has 108 valence electrons. The third-order valence-electron chi connectivity index (χ3n) is 3.28. The standard InChI is InChI=1S/C16H13N5O/c1-2-7-15-14(6-1)20-16(22-15)19-13-5-3-4-12(8-13)9-21-11-17-10-18-21/h1-8,10-11H,9H2,(H,19,20). The summed E-state index contributed by atoms with van der Waals surface area (Å²) in [6.07, 6.45) is 3.22. The predicted molar refractivity (Wildman–Crippen MR) is 82.9 cm³/mol. The van der Waals surface area contributed by atoms with Crippen molar-refractivity contribution in [3.63, 3.8) is 0 Å². The van der Waals surface area contributed by atoms with E-state index in [0.717, 1.165) is 22.4 Å². The van der Waals surface area contributed by atoms with Gasteiger partial charge in [0.2, 0.25) is 0 Å². The van der Waals surface area contributed by atoms with Crippen LogP contribution in [0.3, 0.4) is 0 Å². The molecule has 0 bridgehead atoms. The molecular formula is C16H13N5O. The molecule has 0 unspecified atom stereocenters. The number of benzene rings is 2. The van der Waals surface area contributed by atoms with E-state index in [1.54, 1.807) is 11.0 Å². The molecule has 4 rings (SSSR count). The molecule has 0 spiro atoms. The van der Waals surface area contributed by atoms with Crippen LogP contribution in [0.25, 0.3) is 11.1 Å². The van der Waals surface area contributed by atoms with E-state index in [0.29, 0.717) is 12.6 Å². The van der Waals surface area contributed by atoms with Crippen LogP contribution < -0.4 is 5.32 Å². The number of nitrogens with one attached hydrogen (secondary N) is 1.